The molecule has 2 N–H and O–H groups in total. The maximum absolute atomic E-state index is 6.15. The topological polar surface area (TPSA) is 65.5 Å². The van der Waals surface area contributed by atoms with Crippen LogP contribution in [0.3, 0.4) is 0 Å². The number of benzene rings is 2. The predicted octanol–water partition coefficient (Wildman–Crippen LogP) is 5.14. The van der Waals surface area contributed by atoms with Crippen molar-refractivity contribution < 1.29 is 4.74 Å². The van der Waals surface area contributed by atoms with Gasteiger partial charge in [-0.2, -0.15) is 0 Å². The highest BCUT2D eigenvalue weighted by molar-refractivity contribution is 5.69. The quantitative estimate of drug-likeness (QED) is 0.542. The lowest BCUT2D eigenvalue weighted by molar-refractivity contribution is 0.253. The van der Waals surface area contributed by atoms with Gasteiger partial charge in [0.1, 0.15) is 24.0 Å². The molecule has 6 nitrogen and oxygen atoms in total. The van der Waals surface area contributed by atoms with Crippen LogP contribution < -0.4 is 10.1 Å². The number of rotatable bonds is 3. The second-order valence-electron chi connectivity index (χ2n) is 9.87. The molecular formula is C28H29N5O. The molecule has 0 amide bonds. The zero-order valence-electron chi connectivity index (χ0n) is 19.6. The molecule has 0 spiro atoms. The zero-order chi connectivity index (χ0) is 23.1. The number of hydrogen-bond acceptors (Lipinski definition) is 5. The smallest absolute Gasteiger partial charge is 0.137 e. The van der Waals surface area contributed by atoms with Gasteiger partial charge in [-0.15, -0.1) is 0 Å². The first-order chi connectivity index (χ1) is 16.6. The molecule has 6 rings (SSSR count). The Morgan fingerprint density at radius 3 is 2.71 bits per heavy atom. The van der Waals surface area contributed by atoms with Gasteiger partial charge in [0.2, 0.25) is 0 Å². The number of aromatic amines is 1. The van der Waals surface area contributed by atoms with Crippen molar-refractivity contribution in [3.05, 3.63) is 84.0 Å². The molecule has 172 valence electrons. The fraction of sp³-hybridized carbons (Fsp3) is 0.286. The van der Waals surface area contributed by atoms with Crippen LogP contribution in [0.15, 0.2) is 83.4 Å². The van der Waals surface area contributed by atoms with Gasteiger partial charge in [0.15, 0.2) is 0 Å². The molecule has 1 atom stereocenters. The Morgan fingerprint density at radius 2 is 1.88 bits per heavy atom. The van der Waals surface area contributed by atoms with Crippen molar-refractivity contribution >= 4 is 6.34 Å². The number of imidazole rings is 1. The third-order valence-corrected chi connectivity index (χ3v) is 6.82. The van der Waals surface area contributed by atoms with Crippen molar-refractivity contribution in [3.63, 3.8) is 0 Å². The summed E-state index contributed by atoms with van der Waals surface area (Å²) < 4.78 is 6.15. The summed E-state index contributed by atoms with van der Waals surface area (Å²) in [7, 11) is 0. The number of nitrogens with one attached hydrogen (secondary N) is 2. The van der Waals surface area contributed by atoms with Gasteiger partial charge in [-0.1, -0.05) is 56.3 Å². The first kappa shape index (κ1) is 20.8. The van der Waals surface area contributed by atoms with Crippen LogP contribution in [0.4, 0.5) is 0 Å². The standard InChI is InChI=1S/C28H29N5O/c1-28(2)10-9-24-23(16-28)27(32-18-31-24)33-13-14-34-25-8-7-21(15-22(25)17-33)19-3-5-20(6-4-19)26-29-11-12-30-26/h3-12,15,18,24H,13-14,16-17H2,1-2H3,(H,29,30)(H,31,32). The Kier molecular flexibility index (Phi) is 5.01. The van der Waals surface area contributed by atoms with Gasteiger partial charge < -0.3 is 19.9 Å². The normalized spacial score (nSPS) is 20.8. The van der Waals surface area contributed by atoms with Crippen LogP contribution in [0.2, 0.25) is 0 Å². The average Bonchev–Trinajstić information content (AvgIpc) is 3.30. The van der Waals surface area contributed by atoms with Crippen LogP contribution in [0, 0.1) is 5.41 Å². The molecule has 3 aromatic rings. The molecule has 1 aliphatic carbocycles. The van der Waals surface area contributed by atoms with Crippen molar-refractivity contribution in [2.75, 3.05) is 13.2 Å². The largest absolute Gasteiger partial charge is 0.491 e. The van der Waals surface area contributed by atoms with Crippen molar-refractivity contribution in [1.82, 2.24) is 20.2 Å². The summed E-state index contributed by atoms with van der Waals surface area (Å²) >= 11 is 0. The molecule has 6 heteroatoms. The number of fused-ring (bicyclic) bond motifs is 2. The summed E-state index contributed by atoms with van der Waals surface area (Å²) in [5.41, 5.74) is 6.15. The minimum absolute atomic E-state index is 0.131. The van der Waals surface area contributed by atoms with Gasteiger partial charge in [-0.25, -0.2) is 4.98 Å². The van der Waals surface area contributed by atoms with Gasteiger partial charge in [0.05, 0.1) is 18.9 Å². The fourth-order valence-corrected chi connectivity index (χ4v) is 5.06. The van der Waals surface area contributed by atoms with Crippen LogP contribution in [-0.2, 0) is 6.54 Å². The van der Waals surface area contributed by atoms with E-state index < -0.39 is 0 Å². The Balaban J connectivity index is 1.30. The van der Waals surface area contributed by atoms with Gasteiger partial charge in [-0.05, 0) is 40.7 Å². The first-order valence-electron chi connectivity index (χ1n) is 11.9. The van der Waals surface area contributed by atoms with Crippen molar-refractivity contribution in [3.8, 4) is 28.3 Å². The van der Waals surface area contributed by atoms with Crippen molar-refractivity contribution in [1.29, 1.82) is 0 Å². The van der Waals surface area contributed by atoms with E-state index in [0.29, 0.717) is 6.61 Å². The Bertz CT molecular complexity index is 1280. The molecule has 3 aliphatic rings. The van der Waals surface area contributed by atoms with E-state index >= 15 is 0 Å². The molecule has 2 aromatic carbocycles. The molecule has 2 aliphatic heterocycles. The van der Waals surface area contributed by atoms with Crippen molar-refractivity contribution in [2.24, 2.45) is 10.4 Å². The molecule has 0 bridgehead atoms. The molecular weight excluding hydrogens is 422 g/mol. The molecule has 0 fully saturated rings. The first-order valence-corrected chi connectivity index (χ1v) is 11.9. The lowest BCUT2D eigenvalue weighted by Crippen LogP contribution is -2.39. The van der Waals surface area contributed by atoms with Gasteiger partial charge >= 0.3 is 0 Å². The lowest BCUT2D eigenvalue weighted by atomic mass is 9.78. The molecule has 1 aromatic heterocycles. The summed E-state index contributed by atoms with van der Waals surface area (Å²) in [6, 6.07) is 15.2. The minimum atomic E-state index is 0.131. The van der Waals surface area contributed by atoms with Crippen LogP contribution in [0.5, 0.6) is 5.75 Å². The predicted molar refractivity (Wildman–Crippen MR) is 135 cm³/mol. The minimum Gasteiger partial charge on any atom is -0.491 e. The van der Waals surface area contributed by atoms with E-state index in [1.54, 1.807) is 6.20 Å². The van der Waals surface area contributed by atoms with E-state index in [0.717, 1.165) is 36.6 Å². The second-order valence-corrected chi connectivity index (χ2v) is 9.87. The summed E-state index contributed by atoms with van der Waals surface area (Å²) in [6.45, 7) is 6.85. The summed E-state index contributed by atoms with van der Waals surface area (Å²) in [4.78, 5) is 14.6. The Hall–Kier alpha value is -3.80. The highest BCUT2D eigenvalue weighted by atomic mass is 16.5. The van der Waals surface area contributed by atoms with Gasteiger partial charge in [0.25, 0.3) is 0 Å². The SMILES string of the molecule is CC1(C)C=CC2N=CNC(N3CCOc4ccc(-c5ccc(-c6ncc[nH]6)cc5)cc4C3)=C2C1. The van der Waals surface area contributed by atoms with Crippen LogP contribution in [0.25, 0.3) is 22.5 Å². The van der Waals surface area contributed by atoms with E-state index in [1.165, 1.54) is 28.1 Å². The zero-order valence-corrected chi connectivity index (χ0v) is 19.6. The van der Waals surface area contributed by atoms with Gasteiger partial charge in [-0.3, -0.25) is 4.99 Å². The van der Waals surface area contributed by atoms with Crippen LogP contribution >= 0.6 is 0 Å². The lowest BCUT2D eigenvalue weighted by Gasteiger charge is -2.37. The number of ether oxygens (including phenoxy) is 1. The maximum atomic E-state index is 6.15. The highest BCUT2D eigenvalue weighted by Gasteiger charge is 2.32. The number of aliphatic imine (C=N–C) groups is 1. The third-order valence-electron chi connectivity index (χ3n) is 6.82. The molecule has 0 radical (unpaired) electrons. The third kappa shape index (κ3) is 3.89. The fourth-order valence-electron chi connectivity index (χ4n) is 5.06. The molecule has 0 saturated carbocycles. The van der Waals surface area contributed by atoms with Crippen LogP contribution in [0.1, 0.15) is 25.8 Å². The average molecular weight is 452 g/mol. The van der Waals surface area contributed by atoms with E-state index in [4.69, 9.17) is 4.74 Å². The number of nitrogens with zero attached hydrogens (tertiary/aromatic N) is 3. The van der Waals surface area contributed by atoms with E-state index in [2.05, 4.69) is 93.6 Å². The number of hydrogen-bond donors (Lipinski definition) is 2. The molecule has 3 heterocycles. The highest BCUT2D eigenvalue weighted by Crippen LogP contribution is 2.38. The van der Waals surface area contributed by atoms with Crippen molar-refractivity contribution in [2.45, 2.75) is 32.9 Å². The summed E-state index contributed by atoms with van der Waals surface area (Å²) in [6.07, 6.45) is 11.0. The second kappa shape index (κ2) is 8.20. The number of allylic oxidation sites excluding steroid dienone is 1. The molecule has 1 unspecified atom stereocenters. The summed E-state index contributed by atoms with van der Waals surface area (Å²) in [5.74, 6) is 3.03. The summed E-state index contributed by atoms with van der Waals surface area (Å²) in [5, 5.41) is 3.47. The monoisotopic (exact) mass is 451 g/mol. The van der Waals surface area contributed by atoms with Gasteiger partial charge in [0, 0.05) is 30.1 Å². The van der Waals surface area contributed by atoms with E-state index in [-0.39, 0.29) is 11.5 Å². The number of aromatic nitrogens is 2. The maximum Gasteiger partial charge on any atom is 0.137 e. The van der Waals surface area contributed by atoms with E-state index in [9.17, 15) is 0 Å². The Morgan fingerprint density at radius 1 is 1.06 bits per heavy atom. The molecule has 0 saturated heterocycles. The van der Waals surface area contributed by atoms with Crippen LogP contribution in [-0.4, -0.2) is 40.4 Å². The van der Waals surface area contributed by atoms with E-state index in [1.807, 2.05) is 12.5 Å². The number of H-pyrrole nitrogens is 1. The Labute approximate surface area is 200 Å². The molecule has 34 heavy (non-hydrogen) atoms.